The van der Waals surface area contributed by atoms with E-state index in [1.54, 1.807) is 4.90 Å². The first kappa shape index (κ1) is 16.8. The number of carbonyl (C=O) groups excluding carboxylic acids is 2. The maximum absolute atomic E-state index is 12.6. The minimum Gasteiger partial charge on any atom is -0.453 e. The van der Waals surface area contributed by atoms with Gasteiger partial charge in [-0.2, -0.15) is 0 Å². The molecule has 0 spiro atoms. The number of rotatable bonds is 3. The average Bonchev–Trinajstić information content (AvgIpc) is 3.02. The molecule has 25 heavy (non-hydrogen) atoms. The zero-order valence-electron chi connectivity index (χ0n) is 13.2. The molecule has 0 atom stereocenters. The maximum Gasteiger partial charge on any atom is 0.413 e. The van der Waals surface area contributed by atoms with Crippen molar-refractivity contribution in [3.63, 3.8) is 0 Å². The molecule has 0 saturated carbocycles. The van der Waals surface area contributed by atoms with E-state index in [0.717, 1.165) is 10.6 Å². The summed E-state index contributed by atoms with van der Waals surface area (Å²) in [6, 6.07) is 5.53. The second-order valence-electron chi connectivity index (χ2n) is 5.29. The second kappa shape index (κ2) is 6.85. The molecule has 0 unspecified atom stereocenters. The van der Waals surface area contributed by atoms with Gasteiger partial charge in [-0.05, 0) is 12.1 Å². The lowest BCUT2D eigenvalue weighted by molar-refractivity contribution is -0.384. The topological polar surface area (TPSA) is 115 Å². The summed E-state index contributed by atoms with van der Waals surface area (Å²) in [6.45, 7) is 0.871. The molecule has 0 fully saturated rings. The third-order valence-electron chi connectivity index (χ3n) is 3.74. The highest BCUT2D eigenvalue weighted by Crippen LogP contribution is 2.29. The van der Waals surface area contributed by atoms with Crippen LogP contribution in [0.4, 0.5) is 15.6 Å². The minimum atomic E-state index is -0.593. The van der Waals surface area contributed by atoms with Gasteiger partial charge in [0.2, 0.25) is 0 Å². The molecular formula is C15H14N4O5S. The summed E-state index contributed by atoms with van der Waals surface area (Å²) >= 11 is 1.30. The zero-order chi connectivity index (χ0) is 18.0. The Morgan fingerprint density at radius 1 is 1.36 bits per heavy atom. The summed E-state index contributed by atoms with van der Waals surface area (Å²) in [4.78, 5) is 40.9. The van der Waals surface area contributed by atoms with Crippen molar-refractivity contribution >= 4 is 34.2 Å². The predicted octanol–water partition coefficient (Wildman–Crippen LogP) is 2.43. The van der Waals surface area contributed by atoms with E-state index in [9.17, 15) is 19.7 Å². The predicted molar refractivity (Wildman–Crippen MR) is 89.7 cm³/mol. The number of nitro groups is 1. The van der Waals surface area contributed by atoms with E-state index in [1.165, 1.54) is 42.7 Å². The van der Waals surface area contributed by atoms with Crippen molar-refractivity contribution in [3.05, 3.63) is 50.5 Å². The number of methoxy groups -OCH3 is 1. The van der Waals surface area contributed by atoms with E-state index in [1.807, 2.05) is 0 Å². The Kier molecular flexibility index (Phi) is 4.61. The lowest BCUT2D eigenvalue weighted by atomic mass is 10.1. The van der Waals surface area contributed by atoms with Gasteiger partial charge >= 0.3 is 6.09 Å². The van der Waals surface area contributed by atoms with Crippen molar-refractivity contribution in [2.75, 3.05) is 19.0 Å². The number of aromatic nitrogens is 1. The largest absolute Gasteiger partial charge is 0.453 e. The van der Waals surface area contributed by atoms with E-state index in [-0.39, 0.29) is 11.6 Å². The van der Waals surface area contributed by atoms with Crippen molar-refractivity contribution in [2.45, 2.75) is 13.0 Å². The van der Waals surface area contributed by atoms with Crippen LogP contribution in [0.2, 0.25) is 0 Å². The molecule has 130 valence electrons. The first-order chi connectivity index (χ1) is 12.0. The highest BCUT2D eigenvalue weighted by Gasteiger charge is 2.25. The van der Waals surface area contributed by atoms with Gasteiger partial charge in [-0.1, -0.05) is 11.3 Å². The molecule has 2 heterocycles. The van der Waals surface area contributed by atoms with E-state index >= 15 is 0 Å². The third-order valence-corrected chi connectivity index (χ3v) is 4.74. The fraction of sp³-hybridized carbons (Fsp3) is 0.267. The summed E-state index contributed by atoms with van der Waals surface area (Å²) in [7, 11) is 1.27. The monoisotopic (exact) mass is 362 g/mol. The highest BCUT2D eigenvalue weighted by atomic mass is 32.1. The van der Waals surface area contributed by atoms with Crippen LogP contribution in [0.3, 0.4) is 0 Å². The standard InChI is InChI=1S/C15H14N4O5S/c1-24-15(21)17-14-16-11-6-7-18(8-12(11)25-14)13(20)9-2-4-10(5-3-9)19(22)23/h2-5H,6-8H2,1H3,(H,16,17,21). The van der Waals surface area contributed by atoms with Crippen LogP contribution in [0, 0.1) is 10.1 Å². The Morgan fingerprint density at radius 2 is 2.08 bits per heavy atom. The van der Waals surface area contributed by atoms with Gasteiger partial charge in [0.25, 0.3) is 11.6 Å². The summed E-state index contributed by atoms with van der Waals surface area (Å²) in [5, 5.41) is 13.6. The number of hydrogen-bond donors (Lipinski definition) is 1. The molecule has 0 aliphatic carbocycles. The number of fused-ring (bicyclic) bond motifs is 1. The molecule has 1 aromatic heterocycles. The van der Waals surface area contributed by atoms with E-state index < -0.39 is 11.0 Å². The lowest BCUT2D eigenvalue weighted by Gasteiger charge is -2.26. The van der Waals surface area contributed by atoms with Crippen LogP contribution >= 0.6 is 11.3 Å². The minimum absolute atomic E-state index is 0.0570. The molecule has 10 heteroatoms. The van der Waals surface area contributed by atoms with Gasteiger partial charge in [0.1, 0.15) is 0 Å². The lowest BCUT2D eigenvalue weighted by Crippen LogP contribution is -2.35. The number of nitrogens with zero attached hydrogens (tertiary/aromatic N) is 3. The van der Waals surface area contributed by atoms with Gasteiger partial charge in [-0.25, -0.2) is 9.78 Å². The second-order valence-corrected chi connectivity index (χ2v) is 6.37. The van der Waals surface area contributed by atoms with Gasteiger partial charge in [0, 0.05) is 35.5 Å². The summed E-state index contributed by atoms with van der Waals surface area (Å²) < 4.78 is 4.53. The van der Waals surface area contributed by atoms with Crippen LogP contribution in [-0.2, 0) is 17.7 Å². The quantitative estimate of drug-likeness (QED) is 0.662. The normalized spacial score (nSPS) is 13.1. The number of benzene rings is 1. The van der Waals surface area contributed by atoms with Crippen LogP contribution in [0.1, 0.15) is 20.9 Å². The number of amides is 2. The van der Waals surface area contributed by atoms with Crippen LogP contribution in [0.5, 0.6) is 0 Å². The van der Waals surface area contributed by atoms with Crippen LogP contribution < -0.4 is 5.32 Å². The van der Waals surface area contributed by atoms with Crippen molar-refractivity contribution in [1.29, 1.82) is 0 Å². The summed E-state index contributed by atoms with van der Waals surface area (Å²) in [5.74, 6) is -0.198. The molecule has 9 nitrogen and oxygen atoms in total. The molecule has 1 aromatic carbocycles. The first-order valence-electron chi connectivity index (χ1n) is 7.35. The van der Waals surface area contributed by atoms with Gasteiger partial charge in [-0.15, -0.1) is 0 Å². The Bertz CT molecular complexity index is 833. The molecule has 0 saturated heterocycles. The van der Waals surface area contributed by atoms with Crippen molar-refractivity contribution in [3.8, 4) is 0 Å². The van der Waals surface area contributed by atoms with E-state index in [4.69, 9.17) is 0 Å². The van der Waals surface area contributed by atoms with Crippen molar-refractivity contribution in [1.82, 2.24) is 9.88 Å². The van der Waals surface area contributed by atoms with E-state index in [0.29, 0.717) is 30.2 Å². The zero-order valence-corrected chi connectivity index (χ0v) is 14.0. The Morgan fingerprint density at radius 3 is 2.72 bits per heavy atom. The fourth-order valence-electron chi connectivity index (χ4n) is 2.47. The number of carbonyl (C=O) groups is 2. The number of nitro benzene ring substituents is 1. The van der Waals surface area contributed by atoms with Crippen LogP contribution in [0.15, 0.2) is 24.3 Å². The molecule has 1 N–H and O–H groups in total. The molecule has 0 radical (unpaired) electrons. The average molecular weight is 362 g/mol. The number of thiazole rings is 1. The Balaban J connectivity index is 1.72. The maximum atomic E-state index is 12.6. The number of anilines is 1. The molecule has 1 aliphatic rings. The van der Waals surface area contributed by atoms with Gasteiger partial charge in [0.05, 0.1) is 24.3 Å². The number of hydrogen-bond acceptors (Lipinski definition) is 7. The molecule has 2 amide bonds. The molecule has 3 rings (SSSR count). The van der Waals surface area contributed by atoms with Crippen molar-refractivity contribution in [2.24, 2.45) is 0 Å². The number of nitrogens with one attached hydrogen (secondary N) is 1. The van der Waals surface area contributed by atoms with Gasteiger partial charge in [0.15, 0.2) is 5.13 Å². The SMILES string of the molecule is COC(=O)Nc1nc2c(s1)CN(C(=O)c1ccc([N+](=O)[O-])cc1)CC2. The van der Waals surface area contributed by atoms with Crippen LogP contribution in [0.25, 0.3) is 0 Å². The number of non-ortho nitro benzene ring substituents is 1. The Labute approximate surface area is 146 Å². The van der Waals surface area contributed by atoms with Crippen molar-refractivity contribution < 1.29 is 19.2 Å². The summed E-state index contributed by atoms with van der Waals surface area (Å²) in [6.07, 6.45) is -0.0159. The third kappa shape index (κ3) is 3.58. The molecule has 0 bridgehead atoms. The number of ether oxygens (including phenoxy) is 1. The van der Waals surface area contributed by atoms with Gasteiger partial charge in [-0.3, -0.25) is 20.2 Å². The Hall–Kier alpha value is -3.01. The smallest absolute Gasteiger partial charge is 0.413 e. The fourth-order valence-corrected chi connectivity index (χ4v) is 3.48. The molecule has 1 aliphatic heterocycles. The van der Waals surface area contributed by atoms with E-state index in [2.05, 4.69) is 15.0 Å². The first-order valence-corrected chi connectivity index (χ1v) is 8.17. The summed E-state index contributed by atoms with van der Waals surface area (Å²) in [5.41, 5.74) is 1.19. The van der Waals surface area contributed by atoms with Crippen LogP contribution in [-0.4, -0.2) is 40.5 Å². The molecule has 2 aromatic rings. The van der Waals surface area contributed by atoms with Gasteiger partial charge < -0.3 is 9.64 Å². The molecular weight excluding hydrogens is 348 g/mol. The highest BCUT2D eigenvalue weighted by molar-refractivity contribution is 7.15.